The molecule has 2 rings (SSSR count). The smallest absolute Gasteiger partial charge is 0.251 e. The molecule has 0 saturated heterocycles. The lowest BCUT2D eigenvalue weighted by atomic mass is 10.2. The molecule has 0 spiro atoms. The van der Waals surface area contributed by atoms with Gasteiger partial charge in [0.1, 0.15) is 0 Å². The second-order valence-electron chi connectivity index (χ2n) is 3.72. The lowest BCUT2D eigenvalue weighted by Crippen LogP contribution is -2.25. The quantitative estimate of drug-likeness (QED) is 0.912. The van der Waals surface area contributed by atoms with Gasteiger partial charge in [0, 0.05) is 14.9 Å². The molecule has 1 N–H and O–H groups in total. The third-order valence-corrected chi connectivity index (χ3v) is 4.01. The molecule has 0 aliphatic rings. The van der Waals surface area contributed by atoms with Gasteiger partial charge in [0.05, 0.1) is 6.04 Å². The van der Waals surface area contributed by atoms with Crippen LogP contribution in [0.3, 0.4) is 0 Å². The van der Waals surface area contributed by atoms with E-state index < -0.39 is 0 Å². The van der Waals surface area contributed by atoms with Gasteiger partial charge in [-0.15, -0.1) is 11.3 Å². The standard InChI is InChI=1S/C13H12BrNOS/c1-9(12-3-2-8-17-12)15-13(16)10-4-6-11(14)7-5-10/h2-9H,1H3,(H,15,16)/t9-/m0/s1. The largest absolute Gasteiger partial charge is 0.345 e. The first-order valence-electron chi connectivity index (χ1n) is 5.26. The molecule has 1 aromatic carbocycles. The van der Waals surface area contributed by atoms with Crippen molar-refractivity contribution in [2.24, 2.45) is 0 Å². The summed E-state index contributed by atoms with van der Waals surface area (Å²) in [6.07, 6.45) is 0. The molecule has 0 fully saturated rings. The highest BCUT2D eigenvalue weighted by Gasteiger charge is 2.11. The van der Waals surface area contributed by atoms with Gasteiger partial charge in [-0.3, -0.25) is 4.79 Å². The summed E-state index contributed by atoms with van der Waals surface area (Å²) < 4.78 is 0.973. The number of benzene rings is 1. The fourth-order valence-corrected chi connectivity index (χ4v) is 2.49. The third kappa shape index (κ3) is 3.17. The van der Waals surface area contributed by atoms with E-state index in [0.717, 1.165) is 9.35 Å². The zero-order valence-corrected chi connectivity index (χ0v) is 11.7. The summed E-state index contributed by atoms with van der Waals surface area (Å²) in [6.45, 7) is 1.99. The molecule has 1 atom stereocenters. The van der Waals surface area contributed by atoms with Gasteiger partial charge in [0.15, 0.2) is 0 Å². The molecule has 0 radical (unpaired) electrons. The molecule has 1 amide bonds. The maximum atomic E-state index is 11.9. The van der Waals surface area contributed by atoms with E-state index in [1.807, 2.05) is 36.6 Å². The van der Waals surface area contributed by atoms with Crippen molar-refractivity contribution >= 4 is 33.2 Å². The highest BCUT2D eigenvalue weighted by atomic mass is 79.9. The van der Waals surface area contributed by atoms with E-state index >= 15 is 0 Å². The summed E-state index contributed by atoms with van der Waals surface area (Å²) in [5.74, 6) is -0.0431. The first-order valence-corrected chi connectivity index (χ1v) is 6.94. The van der Waals surface area contributed by atoms with Crippen molar-refractivity contribution in [2.75, 3.05) is 0 Å². The lowest BCUT2D eigenvalue weighted by Gasteiger charge is -2.12. The molecular weight excluding hydrogens is 298 g/mol. The zero-order valence-electron chi connectivity index (χ0n) is 9.31. The summed E-state index contributed by atoms with van der Waals surface area (Å²) in [4.78, 5) is 13.1. The predicted octanol–water partition coefficient (Wildman–Crippen LogP) is 4.00. The molecule has 0 unspecified atom stereocenters. The van der Waals surface area contributed by atoms with Gasteiger partial charge in [0.2, 0.25) is 0 Å². The lowest BCUT2D eigenvalue weighted by molar-refractivity contribution is 0.0940. The van der Waals surface area contributed by atoms with Gasteiger partial charge in [0.25, 0.3) is 5.91 Å². The monoisotopic (exact) mass is 309 g/mol. The van der Waals surface area contributed by atoms with E-state index in [9.17, 15) is 4.79 Å². The van der Waals surface area contributed by atoms with E-state index in [1.54, 1.807) is 23.5 Å². The van der Waals surface area contributed by atoms with Crippen molar-refractivity contribution in [3.8, 4) is 0 Å². The zero-order chi connectivity index (χ0) is 12.3. The van der Waals surface area contributed by atoms with Crippen LogP contribution in [0.1, 0.15) is 28.2 Å². The van der Waals surface area contributed by atoms with Gasteiger partial charge < -0.3 is 5.32 Å². The molecule has 4 heteroatoms. The number of amides is 1. The van der Waals surface area contributed by atoms with Crippen LogP contribution >= 0.6 is 27.3 Å². The fraction of sp³-hybridized carbons (Fsp3) is 0.154. The summed E-state index contributed by atoms with van der Waals surface area (Å²) in [6, 6.07) is 11.4. The van der Waals surface area contributed by atoms with Crippen LogP contribution in [-0.2, 0) is 0 Å². The number of halogens is 1. The molecule has 17 heavy (non-hydrogen) atoms. The Kier molecular flexibility index (Phi) is 3.97. The maximum Gasteiger partial charge on any atom is 0.251 e. The SMILES string of the molecule is C[C@H](NC(=O)c1ccc(Br)cc1)c1cccs1. The Balaban J connectivity index is 2.04. The molecule has 0 aliphatic heterocycles. The molecule has 0 aliphatic carbocycles. The Morgan fingerprint density at radius 3 is 2.59 bits per heavy atom. The Morgan fingerprint density at radius 1 is 1.29 bits per heavy atom. The minimum atomic E-state index is -0.0431. The van der Waals surface area contributed by atoms with Crippen LogP contribution in [0, 0.1) is 0 Å². The summed E-state index contributed by atoms with van der Waals surface area (Å²) in [7, 11) is 0. The number of thiophene rings is 1. The summed E-state index contributed by atoms with van der Waals surface area (Å²) >= 11 is 5.00. The molecule has 2 nitrogen and oxygen atoms in total. The molecule has 2 aromatic rings. The van der Waals surface area contributed by atoms with Gasteiger partial charge in [-0.2, -0.15) is 0 Å². The van der Waals surface area contributed by atoms with Gasteiger partial charge in [-0.25, -0.2) is 0 Å². The van der Waals surface area contributed by atoms with Crippen LogP contribution in [0.25, 0.3) is 0 Å². The normalized spacial score (nSPS) is 12.1. The van der Waals surface area contributed by atoms with Crippen LogP contribution in [0.15, 0.2) is 46.3 Å². The van der Waals surface area contributed by atoms with Crippen LogP contribution in [0.4, 0.5) is 0 Å². The van der Waals surface area contributed by atoms with E-state index in [0.29, 0.717) is 5.56 Å². The van der Waals surface area contributed by atoms with E-state index in [-0.39, 0.29) is 11.9 Å². The average Bonchev–Trinajstić information content (AvgIpc) is 2.83. The van der Waals surface area contributed by atoms with Crippen molar-refractivity contribution in [2.45, 2.75) is 13.0 Å². The second kappa shape index (κ2) is 5.47. The van der Waals surface area contributed by atoms with Crippen molar-refractivity contribution < 1.29 is 4.79 Å². The fourth-order valence-electron chi connectivity index (χ4n) is 1.49. The van der Waals surface area contributed by atoms with Crippen molar-refractivity contribution in [3.63, 3.8) is 0 Å². The maximum absolute atomic E-state index is 11.9. The minimum absolute atomic E-state index is 0.0431. The number of nitrogens with one attached hydrogen (secondary N) is 1. The van der Waals surface area contributed by atoms with Crippen molar-refractivity contribution in [1.82, 2.24) is 5.32 Å². The summed E-state index contributed by atoms with van der Waals surface area (Å²) in [5.41, 5.74) is 0.677. The number of carbonyl (C=O) groups excluding carboxylic acids is 1. The van der Waals surface area contributed by atoms with Crippen LogP contribution in [0.5, 0.6) is 0 Å². The molecule has 0 saturated carbocycles. The Morgan fingerprint density at radius 2 is 2.00 bits per heavy atom. The number of carbonyl (C=O) groups is 1. The first kappa shape index (κ1) is 12.3. The number of hydrogen-bond acceptors (Lipinski definition) is 2. The van der Waals surface area contributed by atoms with E-state index in [1.165, 1.54) is 0 Å². The van der Waals surface area contributed by atoms with Crippen LogP contribution in [0.2, 0.25) is 0 Å². The molecule has 1 aromatic heterocycles. The molecule has 0 bridgehead atoms. The Bertz CT molecular complexity index is 493. The molecular formula is C13H12BrNOS. The first-order chi connectivity index (χ1) is 8.16. The molecule has 88 valence electrons. The van der Waals surface area contributed by atoms with Gasteiger partial charge in [-0.1, -0.05) is 22.0 Å². The highest BCUT2D eigenvalue weighted by Crippen LogP contribution is 2.19. The third-order valence-electron chi connectivity index (χ3n) is 2.42. The minimum Gasteiger partial charge on any atom is -0.345 e. The Hall–Kier alpha value is -1.13. The van der Waals surface area contributed by atoms with E-state index in [4.69, 9.17) is 0 Å². The van der Waals surface area contributed by atoms with Crippen LogP contribution in [-0.4, -0.2) is 5.91 Å². The van der Waals surface area contributed by atoms with Crippen LogP contribution < -0.4 is 5.32 Å². The van der Waals surface area contributed by atoms with Gasteiger partial charge in [-0.05, 0) is 42.6 Å². The second-order valence-corrected chi connectivity index (χ2v) is 5.61. The number of hydrogen-bond donors (Lipinski definition) is 1. The molecule has 1 heterocycles. The Labute approximate surface area is 113 Å². The predicted molar refractivity (Wildman–Crippen MR) is 74.3 cm³/mol. The topological polar surface area (TPSA) is 29.1 Å². The number of rotatable bonds is 3. The average molecular weight is 310 g/mol. The van der Waals surface area contributed by atoms with Crippen molar-refractivity contribution in [1.29, 1.82) is 0 Å². The highest BCUT2D eigenvalue weighted by molar-refractivity contribution is 9.10. The van der Waals surface area contributed by atoms with Gasteiger partial charge >= 0.3 is 0 Å². The summed E-state index contributed by atoms with van der Waals surface area (Å²) in [5, 5.41) is 4.99. The van der Waals surface area contributed by atoms with Crippen molar-refractivity contribution in [3.05, 3.63) is 56.7 Å². The van der Waals surface area contributed by atoms with E-state index in [2.05, 4.69) is 21.2 Å².